The first kappa shape index (κ1) is 13.4. The quantitative estimate of drug-likeness (QED) is 0.510. The van der Waals surface area contributed by atoms with Gasteiger partial charge in [-0.15, -0.1) is 0 Å². The van der Waals surface area contributed by atoms with Crippen LogP contribution in [0.5, 0.6) is 0 Å². The molecule has 0 aliphatic carbocycles. The highest BCUT2D eigenvalue weighted by Gasteiger charge is 2.27. The third kappa shape index (κ3) is 2.08. The van der Waals surface area contributed by atoms with Crippen LogP contribution in [-0.2, 0) is 0 Å². The Balaban J connectivity index is 2.39. The number of aryl methyl sites for hydroxylation is 1. The van der Waals surface area contributed by atoms with Crippen LogP contribution in [0.1, 0.15) is 5.56 Å². The van der Waals surface area contributed by atoms with Gasteiger partial charge in [0.1, 0.15) is 0 Å². The van der Waals surface area contributed by atoms with Crippen molar-refractivity contribution in [2.24, 2.45) is 0 Å². The fourth-order valence-corrected chi connectivity index (χ4v) is 2.14. The van der Waals surface area contributed by atoms with E-state index in [1.165, 1.54) is 6.20 Å². The number of halogens is 3. The summed E-state index contributed by atoms with van der Waals surface area (Å²) in [5.74, 6) is -4.75. The Bertz CT molecular complexity index is 919. The van der Waals surface area contributed by atoms with E-state index < -0.39 is 28.9 Å². The SMILES string of the molecule is Cc1cccc2c[n+](-c3c(F)ccc(F)c3F)c(=O)oc12. The van der Waals surface area contributed by atoms with Crippen molar-refractivity contribution in [3.05, 3.63) is 70.1 Å². The summed E-state index contributed by atoms with van der Waals surface area (Å²) in [7, 11) is 0. The Morgan fingerprint density at radius 3 is 2.52 bits per heavy atom. The zero-order valence-corrected chi connectivity index (χ0v) is 10.9. The molecule has 0 atom stereocenters. The molecule has 3 nitrogen and oxygen atoms in total. The van der Waals surface area contributed by atoms with Crippen molar-refractivity contribution in [1.29, 1.82) is 0 Å². The molecule has 0 unspecified atom stereocenters. The van der Waals surface area contributed by atoms with E-state index in [0.29, 0.717) is 27.2 Å². The summed E-state index contributed by atoms with van der Waals surface area (Å²) >= 11 is 0. The van der Waals surface area contributed by atoms with Gasteiger partial charge in [-0.3, -0.25) is 0 Å². The molecule has 1 heterocycles. The summed E-state index contributed by atoms with van der Waals surface area (Å²) in [5, 5.41) is 0.470. The number of fused-ring (bicyclic) bond motifs is 1. The van der Waals surface area contributed by atoms with Gasteiger partial charge in [0.2, 0.25) is 5.82 Å². The highest BCUT2D eigenvalue weighted by Crippen LogP contribution is 2.18. The third-order valence-corrected chi connectivity index (χ3v) is 3.16. The number of rotatable bonds is 1. The van der Waals surface area contributed by atoms with Crippen molar-refractivity contribution in [3.8, 4) is 5.69 Å². The standard InChI is InChI=1S/C15H9F3NO2/c1-8-3-2-4-9-7-19(15(20)21-14(8)9)13-11(17)6-5-10(16)12(13)18/h2-7H,1H3/q+1. The Morgan fingerprint density at radius 1 is 1.05 bits per heavy atom. The molecule has 3 rings (SSSR count). The average molecular weight is 292 g/mol. The fraction of sp³-hybridized carbons (Fsp3) is 0.0667. The molecule has 0 amide bonds. The molecule has 1 aromatic heterocycles. The van der Waals surface area contributed by atoms with Gasteiger partial charge in [-0.2, -0.15) is 13.6 Å². The summed E-state index contributed by atoms with van der Waals surface area (Å²) in [6.45, 7) is 1.74. The Morgan fingerprint density at radius 2 is 1.76 bits per heavy atom. The Kier molecular flexibility index (Phi) is 3.01. The first-order valence-electron chi connectivity index (χ1n) is 6.08. The summed E-state index contributed by atoms with van der Waals surface area (Å²) in [4.78, 5) is 11.9. The van der Waals surface area contributed by atoms with Gasteiger partial charge < -0.3 is 4.42 Å². The van der Waals surface area contributed by atoms with Crippen LogP contribution in [-0.4, -0.2) is 0 Å². The van der Waals surface area contributed by atoms with Crippen LogP contribution in [0.3, 0.4) is 0 Å². The predicted octanol–water partition coefficient (Wildman–Crippen LogP) is 2.80. The summed E-state index contributed by atoms with van der Waals surface area (Å²) in [6.07, 6.45) is 1.22. The molecule has 21 heavy (non-hydrogen) atoms. The molecular formula is C15H9F3NO2+. The predicted molar refractivity (Wildman–Crippen MR) is 68.6 cm³/mol. The maximum Gasteiger partial charge on any atom is 0.608 e. The molecule has 106 valence electrons. The maximum absolute atomic E-state index is 13.8. The zero-order chi connectivity index (χ0) is 15.1. The zero-order valence-electron chi connectivity index (χ0n) is 10.9. The molecule has 0 saturated heterocycles. The van der Waals surface area contributed by atoms with Gasteiger partial charge in [0.05, 0.1) is 5.39 Å². The molecule has 0 saturated carbocycles. The minimum absolute atomic E-state index is 0.316. The van der Waals surface area contributed by atoms with E-state index >= 15 is 0 Å². The number of aromatic nitrogens is 1. The van der Waals surface area contributed by atoms with Gasteiger partial charge in [-0.05, 0) is 30.7 Å². The van der Waals surface area contributed by atoms with E-state index in [1.807, 2.05) is 0 Å². The van der Waals surface area contributed by atoms with Crippen molar-refractivity contribution in [3.63, 3.8) is 0 Å². The van der Waals surface area contributed by atoms with Gasteiger partial charge in [0.15, 0.2) is 23.4 Å². The van der Waals surface area contributed by atoms with Gasteiger partial charge in [0, 0.05) is 0 Å². The van der Waals surface area contributed by atoms with Crippen LogP contribution < -0.4 is 10.3 Å². The van der Waals surface area contributed by atoms with E-state index in [2.05, 4.69) is 0 Å². The lowest BCUT2D eigenvalue weighted by molar-refractivity contribution is -0.627. The van der Waals surface area contributed by atoms with Crippen LogP contribution in [0.25, 0.3) is 16.7 Å². The normalized spacial score (nSPS) is 11.0. The van der Waals surface area contributed by atoms with Crippen LogP contribution in [0, 0.1) is 24.4 Å². The number of benzene rings is 2. The molecule has 3 aromatic rings. The lowest BCUT2D eigenvalue weighted by atomic mass is 10.2. The van der Waals surface area contributed by atoms with Gasteiger partial charge >= 0.3 is 5.76 Å². The van der Waals surface area contributed by atoms with Crippen LogP contribution in [0.4, 0.5) is 13.2 Å². The molecule has 0 fully saturated rings. The van der Waals surface area contributed by atoms with Crippen molar-refractivity contribution in [1.82, 2.24) is 0 Å². The monoisotopic (exact) mass is 292 g/mol. The van der Waals surface area contributed by atoms with Crippen LogP contribution in [0.15, 0.2) is 45.7 Å². The molecule has 0 aliphatic rings. The number of para-hydroxylation sites is 1. The van der Waals surface area contributed by atoms with Crippen molar-refractivity contribution >= 4 is 11.0 Å². The molecule has 0 radical (unpaired) electrons. The Labute approximate surface area is 116 Å². The highest BCUT2D eigenvalue weighted by molar-refractivity contribution is 5.77. The van der Waals surface area contributed by atoms with Crippen molar-refractivity contribution in [2.45, 2.75) is 6.92 Å². The summed E-state index contributed by atoms with van der Waals surface area (Å²) in [5.41, 5.74) is 0.222. The van der Waals surface area contributed by atoms with Gasteiger partial charge in [-0.25, -0.2) is 4.39 Å². The molecule has 0 N–H and O–H groups in total. The lowest BCUT2D eigenvalue weighted by Gasteiger charge is -2.01. The number of hydrogen-bond acceptors (Lipinski definition) is 2. The van der Waals surface area contributed by atoms with E-state index in [1.54, 1.807) is 25.1 Å². The van der Waals surface area contributed by atoms with Crippen LogP contribution >= 0.6 is 0 Å². The van der Waals surface area contributed by atoms with E-state index in [4.69, 9.17) is 4.42 Å². The van der Waals surface area contributed by atoms with Crippen molar-refractivity contribution in [2.75, 3.05) is 0 Å². The second-order valence-electron chi connectivity index (χ2n) is 4.55. The third-order valence-electron chi connectivity index (χ3n) is 3.16. The Hall–Kier alpha value is -2.63. The fourth-order valence-electron chi connectivity index (χ4n) is 2.14. The maximum atomic E-state index is 13.8. The largest absolute Gasteiger partial charge is 0.608 e. The summed E-state index contributed by atoms with van der Waals surface area (Å²) in [6, 6.07) is 6.47. The average Bonchev–Trinajstić information content (AvgIpc) is 2.45. The minimum Gasteiger partial charge on any atom is -0.371 e. The molecule has 0 bridgehead atoms. The van der Waals surface area contributed by atoms with Gasteiger partial charge in [0.25, 0.3) is 5.69 Å². The summed E-state index contributed by atoms with van der Waals surface area (Å²) < 4.78 is 46.5. The van der Waals surface area contributed by atoms with Gasteiger partial charge in [-0.1, -0.05) is 16.7 Å². The minimum atomic E-state index is -1.45. The van der Waals surface area contributed by atoms with Crippen LogP contribution in [0.2, 0.25) is 0 Å². The molecule has 0 aliphatic heterocycles. The first-order valence-corrected chi connectivity index (χ1v) is 6.08. The molecule has 2 aromatic carbocycles. The number of nitrogens with zero attached hydrogens (tertiary/aromatic N) is 1. The molecule has 0 spiro atoms. The topological polar surface area (TPSA) is 34.1 Å². The number of hydrogen-bond donors (Lipinski definition) is 0. The second kappa shape index (κ2) is 4.73. The lowest BCUT2D eigenvalue weighted by Crippen LogP contribution is -2.48. The van der Waals surface area contributed by atoms with E-state index in [9.17, 15) is 18.0 Å². The smallest absolute Gasteiger partial charge is 0.371 e. The molecular weight excluding hydrogens is 283 g/mol. The van der Waals surface area contributed by atoms with Crippen molar-refractivity contribution < 1.29 is 22.2 Å². The van der Waals surface area contributed by atoms with E-state index in [-0.39, 0.29) is 0 Å². The van der Waals surface area contributed by atoms with E-state index in [0.717, 1.165) is 6.07 Å². The second-order valence-corrected chi connectivity index (χ2v) is 4.55. The first-order chi connectivity index (χ1) is 9.99. The molecule has 6 heteroatoms. The highest BCUT2D eigenvalue weighted by atomic mass is 19.2.